The molecular weight excluding hydrogens is 347 g/mol. The Hall–Kier alpha value is -2.46. The Bertz CT molecular complexity index is 931. The van der Waals surface area contributed by atoms with Crippen LogP contribution in [0.5, 0.6) is 0 Å². The molecule has 0 saturated carbocycles. The Morgan fingerprint density at radius 3 is 2.40 bits per heavy atom. The zero-order valence-electron chi connectivity index (χ0n) is 13.4. The topological polar surface area (TPSA) is 26.0 Å². The van der Waals surface area contributed by atoms with Crippen molar-refractivity contribution in [1.82, 2.24) is 0 Å². The van der Waals surface area contributed by atoms with Gasteiger partial charge in [-0.25, -0.2) is 13.2 Å². The molecule has 0 atom stereocenters. The predicted molar refractivity (Wildman–Crippen MR) is 95.2 cm³/mol. The van der Waals surface area contributed by atoms with Crippen LogP contribution in [0.3, 0.4) is 0 Å². The molecule has 3 aromatic carbocycles. The van der Waals surface area contributed by atoms with E-state index < -0.39 is 17.5 Å². The summed E-state index contributed by atoms with van der Waals surface area (Å²) in [5.74, 6) is -1.85. The minimum absolute atomic E-state index is 0.0511. The van der Waals surface area contributed by atoms with Crippen LogP contribution in [0.25, 0.3) is 11.1 Å². The summed E-state index contributed by atoms with van der Waals surface area (Å²) in [7, 11) is 0. The van der Waals surface area contributed by atoms with Gasteiger partial charge >= 0.3 is 0 Å². The number of aryl methyl sites for hydroxylation is 1. The molecule has 0 spiro atoms. The number of hydrogen-bond donors (Lipinski definition) is 1. The summed E-state index contributed by atoms with van der Waals surface area (Å²) < 4.78 is 40.8. The average molecular weight is 362 g/mol. The van der Waals surface area contributed by atoms with Gasteiger partial charge in [-0.05, 0) is 47.9 Å². The maximum atomic E-state index is 14.2. The average Bonchev–Trinajstić information content (AvgIpc) is 2.52. The van der Waals surface area contributed by atoms with Gasteiger partial charge in [0.1, 0.15) is 17.5 Å². The summed E-state index contributed by atoms with van der Waals surface area (Å²) >= 11 is 6.21. The molecule has 1 nitrogen and oxygen atoms in total. The van der Waals surface area contributed by atoms with Crippen molar-refractivity contribution < 1.29 is 13.2 Å². The highest BCUT2D eigenvalue weighted by atomic mass is 35.5. The lowest BCUT2D eigenvalue weighted by Crippen LogP contribution is -2.03. The third-order valence-electron chi connectivity index (χ3n) is 4.12. The zero-order valence-corrected chi connectivity index (χ0v) is 14.2. The lowest BCUT2D eigenvalue weighted by Gasteiger charge is -2.16. The summed E-state index contributed by atoms with van der Waals surface area (Å²) in [4.78, 5) is 0. The summed E-state index contributed by atoms with van der Waals surface area (Å²) in [5.41, 5.74) is 9.17. The second kappa shape index (κ2) is 6.81. The van der Waals surface area contributed by atoms with E-state index in [1.165, 1.54) is 12.1 Å². The third-order valence-corrected chi connectivity index (χ3v) is 4.43. The van der Waals surface area contributed by atoms with Gasteiger partial charge in [-0.1, -0.05) is 29.8 Å². The monoisotopic (exact) mass is 361 g/mol. The van der Waals surface area contributed by atoms with E-state index in [4.69, 9.17) is 17.3 Å². The molecule has 25 heavy (non-hydrogen) atoms. The maximum Gasteiger partial charge on any atom is 0.131 e. The number of benzene rings is 3. The highest BCUT2D eigenvalue weighted by molar-refractivity contribution is 6.33. The Kier molecular flexibility index (Phi) is 4.73. The fourth-order valence-corrected chi connectivity index (χ4v) is 3.22. The zero-order chi connectivity index (χ0) is 18.1. The lowest BCUT2D eigenvalue weighted by atomic mass is 9.91. The van der Waals surface area contributed by atoms with E-state index in [9.17, 15) is 13.2 Å². The van der Waals surface area contributed by atoms with Crippen LogP contribution in [-0.2, 0) is 6.42 Å². The summed E-state index contributed by atoms with van der Waals surface area (Å²) in [6.07, 6.45) is 0.169. The van der Waals surface area contributed by atoms with E-state index in [-0.39, 0.29) is 22.7 Å². The first-order valence-electron chi connectivity index (χ1n) is 7.64. The standard InChI is InChI=1S/C20H15ClF3N/c1-11-3-2-4-12(7-16-18(24)9-14(23)10-19(16)25)20(11)15-6-5-13(22)8-17(15)21/h2-6,8-10H,7,25H2,1H3. The third kappa shape index (κ3) is 3.49. The van der Waals surface area contributed by atoms with Crippen molar-refractivity contribution in [3.63, 3.8) is 0 Å². The van der Waals surface area contributed by atoms with Crippen molar-refractivity contribution in [3.8, 4) is 11.1 Å². The first kappa shape index (κ1) is 17.4. The largest absolute Gasteiger partial charge is 0.398 e. The van der Waals surface area contributed by atoms with Crippen LogP contribution < -0.4 is 5.73 Å². The first-order valence-corrected chi connectivity index (χ1v) is 8.02. The highest BCUT2D eigenvalue weighted by Crippen LogP contribution is 2.35. The molecule has 0 bridgehead atoms. The van der Waals surface area contributed by atoms with Gasteiger partial charge in [0.05, 0.1) is 5.02 Å². The maximum absolute atomic E-state index is 14.2. The SMILES string of the molecule is Cc1cccc(Cc2c(N)cc(F)cc2F)c1-c1ccc(F)cc1Cl. The van der Waals surface area contributed by atoms with Crippen LogP contribution in [0.4, 0.5) is 18.9 Å². The van der Waals surface area contributed by atoms with Gasteiger partial charge in [-0.3, -0.25) is 0 Å². The van der Waals surface area contributed by atoms with Crippen molar-refractivity contribution in [2.24, 2.45) is 0 Å². The molecule has 0 aliphatic carbocycles. The molecular formula is C20H15ClF3N. The van der Waals surface area contributed by atoms with Crippen molar-refractivity contribution in [1.29, 1.82) is 0 Å². The van der Waals surface area contributed by atoms with E-state index in [1.807, 2.05) is 25.1 Å². The lowest BCUT2D eigenvalue weighted by molar-refractivity contribution is 0.576. The first-order chi connectivity index (χ1) is 11.9. The summed E-state index contributed by atoms with van der Waals surface area (Å²) in [5, 5.41) is 0.267. The Balaban J connectivity index is 2.14. The van der Waals surface area contributed by atoms with Crippen LogP contribution >= 0.6 is 11.6 Å². The number of hydrogen-bond acceptors (Lipinski definition) is 1. The van der Waals surface area contributed by atoms with E-state index in [2.05, 4.69) is 0 Å². The number of halogens is 4. The minimum atomic E-state index is -0.718. The van der Waals surface area contributed by atoms with E-state index >= 15 is 0 Å². The van der Waals surface area contributed by atoms with E-state index in [0.717, 1.165) is 28.8 Å². The molecule has 3 rings (SSSR count). The molecule has 0 aliphatic heterocycles. The second-order valence-electron chi connectivity index (χ2n) is 5.87. The van der Waals surface area contributed by atoms with Crippen LogP contribution in [0.2, 0.25) is 5.02 Å². The van der Waals surface area contributed by atoms with Crippen LogP contribution in [0.1, 0.15) is 16.7 Å². The van der Waals surface area contributed by atoms with Gasteiger partial charge in [-0.2, -0.15) is 0 Å². The van der Waals surface area contributed by atoms with E-state index in [0.29, 0.717) is 5.56 Å². The van der Waals surface area contributed by atoms with Crippen molar-refractivity contribution >= 4 is 17.3 Å². The molecule has 2 N–H and O–H groups in total. The number of nitrogens with two attached hydrogens (primary N) is 1. The Morgan fingerprint density at radius 1 is 0.960 bits per heavy atom. The van der Waals surface area contributed by atoms with Crippen LogP contribution in [0, 0.1) is 24.4 Å². The molecule has 128 valence electrons. The molecule has 0 unspecified atom stereocenters. The molecule has 0 aliphatic rings. The van der Waals surface area contributed by atoms with Crippen molar-refractivity contribution in [2.45, 2.75) is 13.3 Å². The van der Waals surface area contributed by atoms with Crippen molar-refractivity contribution in [3.05, 3.63) is 87.7 Å². The molecule has 0 radical (unpaired) electrons. The molecule has 0 heterocycles. The molecule has 3 aromatic rings. The van der Waals surface area contributed by atoms with Gasteiger partial charge in [-0.15, -0.1) is 0 Å². The fourth-order valence-electron chi connectivity index (χ4n) is 2.95. The van der Waals surface area contributed by atoms with E-state index in [1.54, 1.807) is 6.07 Å². The fraction of sp³-hybridized carbons (Fsp3) is 0.100. The van der Waals surface area contributed by atoms with Gasteiger partial charge in [0.2, 0.25) is 0 Å². The number of rotatable bonds is 3. The second-order valence-corrected chi connectivity index (χ2v) is 6.27. The number of anilines is 1. The van der Waals surface area contributed by atoms with Gasteiger partial charge in [0.25, 0.3) is 0 Å². The molecule has 5 heteroatoms. The quantitative estimate of drug-likeness (QED) is 0.577. The van der Waals surface area contributed by atoms with Crippen LogP contribution in [-0.4, -0.2) is 0 Å². The van der Waals surface area contributed by atoms with Gasteiger partial charge in [0, 0.05) is 29.3 Å². The Morgan fingerprint density at radius 2 is 1.72 bits per heavy atom. The minimum Gasteiger partial charge on any atom is -0.398 e. The van der Waals surface area contributed by atoms with Crippen LogP contribution in [0.15, 0.2) is 48.5 Å². The molecule has 0 fully saturated rings. The molecule has 0 aromatic heterocycles. The molecule has 0 saturated heterocycles. The normalized spacial score (nSPS) is 10.9. The van der Waals surface area contributed by atoms with Gasteiger partial charge in [0.15, 0.2) is 0 Å². The Labute approximate surface area is 148 Å². The van der Waals surface area contributed by atoms with Gasteiger partial charge < -0.3 is 5.73 Å². The summed E-state index contributed by atoms with van der Waals surface area (Å²) in [6, 6.07) is 11.6. The number of nitrogen functional groups attached to an aromatic ring is 1. The highest BCUT2D eigenvalue weighted by Gasteiger charge is 2.16. The molecule has 0 amide bonds. The summed E-state index contributed by atoms with van der Waals surface area (Å²) in [6.45, 7) is 1.89. The smallest absolute Gasteiger partial charge is 0.131 e. The predicted octanol–water partition coefficient (Wildman–Crippen LogP) is 5.91. The van der Waals surface area contributed by atoms with Crippen molar-refractivity contribution in [2.75, 3.05) is 5.73 Å².